The van der Waals surface area contributed by atoms with Crippen molar-refractivity contribution in [3.63, 3.8) is 0 Å². The Morgan fingerprint density at radius 1 is 1.33 bits per heavy atom. The van der Waals surface area contributed by atoms with E-state index in [9.17, 15) is 0 Å². The molecule has 2 aliphatic heterocycles. The molecule has 2 atom stereocenters. The van der Waals surface area contributed by atoms with Crippen LogP contribution >= 0.6 is 0 Å². The van der Waals surface area contributed by atoms with Crippen LogP contribution in [0.25, 0.3) is 0 Å². The quantitative estimate of drug-likeness (QED) is 0.853. The number of rotatable bonds is 4. The highest BCUT2D eigenvalue weighted by Crippen LogP contribution is 2.37. The zero-order valence-electron chi connectivity index (χ0n) is 13.0. The number of hydrogen-bond donors (Lipinski definition) is 0. The van der Waals surface area contributed by atoms with Crippen molar-refractivity contribution in [2.24, 2.45) is 0 Å². The number of methoxy groups -OCH3 is 2. The molecule has 21 heavy (non-hydrogen) atoms. The van der Waals surface area contributed by atoms with Gasteiger partial charge in [-0.1, -0.05) is 18.2 Å². The maximum Gasteiger partial charge on any atom is 0.123 e. The SMILES string of the molecule is COc1ccccc1CN1CC[C@H](OC)[C@]2(CCCO2)C1. The Morgan fingerprint density at radius 3 is 2.90 bits per heavy atom. The van der Waals surface area contributed by atoms with E-state index in [-0.39, 0.29) is 11.7 Å². The van der Waals surface area contributed by atoms with E-state index >= 15 is 0 Å². The van der Waals surface area contributed by atoms with Gasteiger partial charge in [0.2, 0.25) is 0 Å². The molecule has 3 rings (SSSR count). The third-order valence-corrected chi connectivity index (χ3v) is 4.79. The minimum absolute atomic E-state index is 0.102. The summed E-state index contributed by atoms with van der Waals surface area (Å²) in [5.41, 5.74) is 1.14. The molecular formula is C17H25NO3. The zero-order chi connectivity index (χ0) is 14.7. The third kappa shape index (κ3) is 2.93. The van der Waals surface area contributed by atoms with Crippen molar-refractivity contribution < 1.29 is 14.2 Å². The van der Waals surface area contributed by atoms with Crippen LogP contribution < -0.4 is 4.74 Å². The van der Waals surface area contributed by atoms with Crippen LogP contribution in [0.15, 0.2) is 24.3 Å². The molecule has 0 unspecified atom stereocenters. The summed E-state index contributed by atoms with van der Waals surface area (Å²) in [6, 6.07) is 8.26. The normalized spacial score (nSPS) is 29.9. The number of ether oxygens (including phenoxy) is 3. The number of benzene rings is 1. The van der Waals surface area contributed by atoms with E-state index in [0.29, 0.717) is 0 Å². The molecule has 0 radical (unpaired) electrons. The van der Waals surface area contributed by atoms with Gasteiger partial charge in [0.1, 0.15) is 11.4 Å². The van der Waals surface area contributed by atoms with Crippen molar-refractivity contribution in [1.82, 2.24) is 4.90 Å². The van der Waals surface area contributed by atoms with Gasteiger partial charge < -0.3 is 14.2 Å². The van der Waals surface area contributed by atoms with Crippen LogP contribution in [0, 0.1) is 0 Å². The second kappa shape index (κ2) is 6.34. The van der Waals surface area contributed by atoms with Crippen LogP contribution in [0.2, 0.25) is 0 Å². The van der Waals surface area contributed by atoms with Gasteiger partial charge in [-0.05, 0) is 25.3 Å². The molecule has 1 aromatic carbocycles. The van der Waals surface area contributed by atoms with Crippen LogP contribution in [0.1, 0.15) is 24.8 Å². The molecule has 2 aliphatic rings. The number of hydrogen-bond acceptors (Lipinski definition) is 4. The summed E-state index contributed by atoms with van der Waals surface area (Å²) in [5, 5.41) is 0. The number of para-hydroxylation sites is 1. The third-order valence-electron chi connectivity index (χ3n) is 4.79. The van der Waals surface area contributed by atoms with E-state index in [1.807, 2.05) is 19.2 Å². The summed E-state index contributed by atoms with van der Waals surface area (Å²) in [6.07, 6.45) is 3.51. The van der Waals surface area contributed by atoms with E-state index in [2.05, 4.69) is 17.0 Å². The van der Waals surface area contributed by atoms with Gasteiger partial charge in [0.25, 0.3) is 0 Å². The second-order valence-electron chi connectivity index (χ2n) is 6.05. The standard InChI is InChI=1S/C17H25NO3/c1-19-15-7-4-3-6-14(15)12-18-10-8-16(20-2)17(13-18)9-5-11-21-17/h3-4,6-7,16H,5,8-13H2,1-2H3/t16-,17-/m0/s1. The monoisotopic (exact) mass is 291 g/mol. The molecule has 2 saturated heterocycles. The Morgan fingerprint density at radius 2 is 2.19 bits per heavy atom. The highest BCUT2D eigenvalue weighted by atomic mass is 16.6. The predicted octanol–water partition coefficient (Wildman–Crippen LogP) is 2.47. The van der Waals surface area contributed by atoms with Crippen molar-refractivity contribution in [2.45, 2.75) is 37.5 Å². The van der Waals surface area contributed by atoms with E-state index in [4.69, 9.17) is 14.2 Å². The van der Waals surface area contributed by atoms with Gasteiger partial charge in [-0.3, -0.25) is 4.90 Å². The van der Waals surface area contributed by atoms with Crippen LogP contribution in [-0.2, 0) is 16.0 Å². The molecule has 116 valence electrons. The highest BCUT2D eigenvalue weighted by Gasteiger charge is 2.47. The summed E-state index contributed by atoms with van der Waals surface area (Å²) in [6.45, 7) is 3.76. The minimum atomic E-state index is -0.102. The summed E-state index contributed by atoms with van der Waals surface area (Å²) in [5.74, 6) is 0.966. The summed E-state index contributed by atoms with van der Waals surface area (Å²) in [4.78, 5) is 2.47. The first-order chi connectivity index (χ1) is 10.3. The molecule has 2 fully saturated rings. The Kier molecular flexibility index (Phi) is 4.48. The first-order valence-corrected chi connectivity index (χ1v) is 7.78. The Labute approximate surface area is 127 Å². The lowest BCUT2D eigenvalue weighted by Crippen LogP contribution is -2.56. The van der Waals surface area contributed by atoms with Gasteiger partial charge in [0, 0.05) is 38.9 Å². The van der Waals surface area contributed by atoms with Crippen molar-refractivity contribution in [2.75, 3.05) is 33.9 Å². The van der Waals surface area contributed by atoms with Crippen LogP contribution in [0.3, 0.4) is 0 Å². The molecule has 1 spiro atoms. The maximum absolute atomic E-state index is 6.11. The van der Waals surface area contributed by atoms with Gasteiger partial charge in [-0.2, -0.15) is 0 Å². The topological polar surface area (TPSA) is 30.9 Å². The van der Waals surface area contributed by atoms with Crippen LogP contribution in [-0.4, -0.2) is 50.5 Å². The molecule has 0 aliphatic carbocycles. The fraction of sp³-hybridized carbons (Fsp3) is 0.647. The molecule has 0 aromatic heterocycles. The number of nitrogens with zero attached hydrogens (tertiary/aromatic N) is 1. The van der Waals surface area contributed by atoms with Crippen molar-refractivity contribution in [3.8, 4) is 5.75 Å². The molecule has 0 bridgehead atoms. The molecule has 4 nitrogen and oxygen atoms in total. The molecule has 2 heterocycles. The average molecular weight is 291 g/mol. The predicted molar refractivity (Wildman–Crippen MR) is 81.6 cm³/mol. The van der Waals surface area contributed by atoms with Gasteiger partial charge in [-0.25, -0.2) is 0 Å². The highest BCUT2D eigenvalue weighted by molar-refractivity contribution is 5.33. The van der Waals surface area contributed by atoms with Gasteiger partial charge >= 0.3 is 0 Å². The van der Waals surface area contributed by atoms with Crippen molar-refractivity contribution in [3.05, 3.63) is 29.8 Å². The average Bonchev–Trinajstić information content (AvgIpc) is 2.97. The lowest BCUT2D eigenvalue weighted by Gasteiger charge is -2.44. The summed E-state index contributed by atoms with van der Waals surface area (Å²) < 4.78 is 17.3. The molecule has 0 N–H and O–H groups in total. The Bertz CT molecular complexity index is 471. The lowest BCUT2D eigenvalue weighted by atomic mass is 9.86. The largest absolute Gasteiger partial charge is 0.496 e. The van der Waals surface area contributed by atoms with E-state index in [0.717, 1.165) is 51.3 Å². The molecule has 0 amide bonds. The molecule has 0 saturated carbocycles. The lowest BCUT2D eigenvalue weighted by molar-refractivity contribution is -0.145. The van der Waals surface area contributed by atoms with Gasteiger partial charge in [-0.15, -0.1) is 0 Å². The minimum Gasteiger partial charge on any atom is -0.496 e. The first-order valence-electron chi connectivity index (χ1n) is 7.78. The number of likely N-dealkylation sites (tertiary alicyclic amines) is 1. The Balaban J connectivity index is 1.72. The zero-order valence-corrected chi connectivity index (χ0v) is 13.0. The smallest absolute Gasteiger partial charge is 0.123 e. The Hall–Kier alpha value is -1.10. The van der Waals surface area contributed by atoms with E-state index < -0.39 is 0 Å². The fourth-order valence-corrected chi connectivity index (χ4v) is 3.76. The molecule has 4 heteroatoms. The van der Waals surface area contributed by atoms with Crippen molar-refractivity contribution >= 4 is 0 Å². The van der Waals surface area contributed by atoms with Gasteiger partial charge in [0.15, 0.2) is 0 Å². The fourth-order valence-electron chi connectivity index (χ4n) is 3.76. The van der Waals surface area contributed by atoms with E-state index in [1.54, 1.807) is 7.11 Å². The summed E-state index contributed by atoms with van der Waals surface area (Å²) in [7, 11) is 3.54. The van der Waals surface area contributed by atoms with Gasteiger partial charge in [0.05, 0.1) is 13.2 Å². The maximum atomic E-state index is 6.11. The first kappa shape index (κ1) is 14.8. The van der Waals surface area contributed by atoms with E-state index in [1.165, 1.54) is 5.56 Å². The van der Waals surface area contributed by atoms with Crippen LogP contribution in [0.5, 0.6) is 5.75 Å². The number of piperidine rings is 1. The molecular weight excluding hydrogens is 266 g/mol. The van der Waals surface area contributed by atoms with Crippen LogP contribution in [0.4, 0.5) is 0 Å². The molecule has 1 aromatic rings. The second-order valence-corrected chi connectivity index (χ2v) is 6.05. The van der Waals surface area contributed by atoms with Crippen molar-refractivity contribution in [1.29, 1.82) is 0 Å². The summed E-state index contributed by atoms with van der Waals surface area (Å²) >= 11 is 0.